The average molecular weight is 347 g/mol. The van der Waals surface area contributed by atoms with E-state index >= 15 is 0 Å². The highest BCUT2D eigenvalue weighted by Gasteiger charge is 2.26. The second-order valence-electron chi connectivity index (χ2n) is 5.22. The molecule has 4 heteroatoms. The van der Waals surface area contributed by atoms with Gasteiger partial charge in [0.2, 0.25) is 0 Å². The van der Waals surface area contributed by atoms with Crippen molar-refractivity contribution in [2.75, 3.05) is 25.1 Å². The van der Waals surface area contributed by atoms with Gasteiger partial charge in [-0.25, -0.2) is 0 Å². The van der Waals surface area contributed by atoms with Crippen molar-refractivity contribution >= 4 is 21.6 Å². The number of fused-ring (bicyclic) bond motifs is 1. The Balaban J connectivity index is 1.95. The van der Waals surface area contributed by atoms with Crippen LogP contribution in [0.25, 0.3) is 0 Å². The number of hydrogen-bond donors (Lipinski definition) is 1. The van der Waals surface area contributed by atoms with Gasteiger partial charge in [0.05, 0.1) is 17.6 Å². The first kappa shape index (κ1) is 14.4. The summed E-state index contributed by atoms with van der Waals surface area (Å²) in [7, 11) is 1.68. The average Bonchev–Trinajstić information content (AvgIpc) is 2.93. The van der Waals surface area contributed by atoms with Crippen LogP contribution in [0.4, 0.5) is 5.69 Å². The van der Waals surface area contributed by atoms with E-state index in [1.165, 1.54) is 16.8 Å². The van der Waals surface area contributed by atoms with Crippen molar-refractivity contribution in [1.29, 1.82) is 0 Å². The molecule has 1 heterocycles. The quantitative estimate of drug-likeness (QED) is 0.920. The van der Waals surface area contributed by atoms with Crippen LogP contribution < -0.4 is 15.4 Å². The van der Waals surface area contributed by atoms with Crippen molar-refractivity contribution in [3.05, 3.63) is 58.1 Å². The number of para-hydroxylation sites is 1. The lowest BCUT2D eigenvalue weighted by Gasteiger charge is -2.30. The second kappa shape index (κ2) is 6.08. The molecule has 3 nitrogen and oxygen atoms in total. The molecule has 0 aromatic heterocycles. The van der Waals surface area contributed by atoms with Gasteiger partial charge in [-0.1, -0.05) is 24.3 Å². The lowest BCUT2D eigenvalue weighted by molar-refractivity contribution is 0.412. The van der Waals surface area contributed by atoms with Crippen molar-refractivity contribution in [3.8, 4) is 5.75 Å². The van der Waals surface area contributed by atoms with Crippen LogP contribution in [0.5, 0.6) is 5.75 Å². The molecule has 0 amide bonds. The number of rotatable bonds is 4. The zero-order valence-electron chi connectivity index (χ0n) is 12.1. The molecule has 2 N–H and O–H groups in total. The van der Waals surface area contributed by atoms with Crippen molar-refractivity contribution in [3.63, 3.8) is 0 Å². The zero-order valence-corrected chi connectivity index (χ0v) is 13.6. The van der Waals surface area contributed by atoms with Crippen molar-refractivity contribution in [1.82, 2.24) is 0 Å². The summed E-state index contributed by atoms with van der Waals surface area (Å²) in [5.74, 6) is 0.844. The molecule has 1 atom stereocenters. The maximum Gasteiger partial charge on any atom is 0.133 e. The first-order valence-electron chi connectivity index (χ1n) is 7.12. The minimum Gasteiger partial charge on any atom is -0.496 e. The van der Waals surface area contributed by atoms with Gasteiger partial charge in [-0.15, -0.1) is 0 Å². The third-order valence-electron chi connectivity index (χ3n) is 4.08. The van der Waals surface area contributed by atoms with Crippen LogP contribution in [0, 0.1) is 0 Å². The Kier molecular flexibility index (Phi) is 4.17. The van der Waals surface area contributed by atoms with E-state index in [4.69, 9.17) is 10.5 Å². The number of nitrogens with zero attached hydrogens (tertiary/aromatic N) is 1. The molecule has 2 aromatic carbocycles. The van der Waals surface area contributed by atoms with Gasteiger partial charge in [-0.05, 0) is 51.7 Å². The van der Waals surface area contributed by atoms with E-state index in [0.717, 1.165) is 23.2 Å². The van der Waals surface area contributed by atoms with Crippen LogP contribution >= 0.6 is 15.9 Å². The number of nitrogens with two attached hydrogens (primary N) is 1. The number of anilines is 1. The summed E-state index contributed by atoms with van der Waals surface area (Å²) in [5, 5.41) is 0. The predicted molar refractivity (Wildman–Crippen MR) is 90.0 cm³/mol. The molecule has 3 rings (SSSR count). The van der Waals surface area contributed by atoms with Crippen molar-refractivity contribution < 1.29 is 4.74 Å². The van der Waals surface area contributed by atoms with E-state index in [2.05, 4.69) is 57.2 Å². The van der Waals surface area contributed by atoms with Crippen LogP contribution in [-0.2, 0) is 6.42 Å². The SMILES string of the molecule is COc1ccc(C(CN)N2CCc3ccccc32)cc1Br. The summed E-state index contributed by atoms with van der Waals surface area (Å²) in [5.41, 5.74) is 10.00. The standard InChI is InChI=1S/C17H19BrN2O/c1-21-17-7-6-13(10-14(17)18)16(11-19)20-9-8-12-4-2-3-5-15(12)20/h2-7,10,16H,8-9,11,19H2,1H3. The molecule has 0 radical (unpaired) electrons. The first-order valence-corrected chi connectivity index (χ1v) is 7.92. The molecule has 0 fully saturated rings. The highest BCUT2D eigenvalue weighted by atomic mass is 79.9. The van der Waals surface area contributed by atoms with E-state index in [9.17, 15) is 0 Å². The molecule has 110 valence electrons. The van der Waals surface area contributed by atoms with Gasteiger partial charge in [0.1, 0.15) is 5.75 Å². The molecule has 0 saturated heterocycles. The van der Waals surface area contributed by atoms with Crippen molar-refractivity contribution in [2.45, 2.75) is 12.5 Å². The topological polar surface area (TPSA) is 38.5 Å². The number of halogens is 1. The van der Waals surface area contributed by atoms with Crippen molar-refractivity contribution in [2.24, 2.45) is 5.73 Å². The second-order valence-corrected chi connectivity index (χ2v) is 6.07. The Morgan fingerprint density at radius 1 is 1.29 bits per heavy atom. The molecule has 1 unspecified atom stereocenters. The molecule has 1 aliphatic heterocycles. The summed E-state index contributed by atoms with van der Waals surface area (Å²) >= 11 is 3.56. The number of hydrogen-bond acceptors (Lipinski definition) is 3. The fraction of sp³-hybridized carbons (Fsp3) is 0.294. The molecule has 2 aromatic rings. The monoisotopic (exact) mass is 346 g/mol. The Hall–Kier alpha value is -1.52. The van der Waals surface area contributed by atoms with E-state index < -0.39 is 0 Å². The molecule has 0 spiro atoms. The molecular formula is C17H19BrN2O. The summed E-state index contributed by atoms with van der Waals surface area (Å²) in [6.45, 7) is 1.61. The Bertz CT molecular complexity index is 644. The van der Waals surface area contributed by atoms with Gasteiger partial charge in [0.15, 0.2) is 0 Å². The smallest absolute Gasteiger partial charge is 0.133 e. The van der Waals surface area contributed by atoms with Crippen LogP contribution in [0.1, 0.15) is 17.2 Å². The van der Waals surface area contributed by atoms with Crippen LogP contribution in [-0.4, -0.2) is 20.2 Å². The summed E-state index contributed by atoms with van der Waals surface area (Å²) in [4.78, 5) is 2.41. The lowest BCUT2D eigenvalue weighted by Crippen LogP contribution is -2.32. The van der Waals surface area contributed by atoms with Gasteiger partial charge >= 0.3 is 0 Å². The van der Waals surface area contributed by atoms with E-state index in [-0.39, 0.29) is 6.04 Å². The normalized spacial score (nSPS) is 14.9. The highest BCUT2D eigenvalue weighted by Crippen LogP contribution is 2.36. The first-order chi connectivity index (χ1) is 10.2. The molecule has 1 aliphatic rings. The van der Waals surface area contributed by atoms with Crippen LogP contribution in [0.3, 0.4) is 0 Å². The highest BCUT2D eigenvalue weighted by molar-refractivity contribution is 9.10. The molecular weight excluding hydrogens is 328 g/mol. The molecule has 0 bridgehead atoms. The van der Waals surface area contributed by atoms with Gasteiger partial charge in [-0.2, -0.15) is 0 Å². The molecule has 21 heavy (non-hydrogen) atoms. The van der Waals surface area contributed by atoms with E-state index in [1.807, 2.05) is 6.07 Å². The number of benzene rings is 2. The third-order valence-corrected chi connectivity index (χ3v) is 4.70. The maximum absolute atomic E-state index is 6.07. The minimum atomic E-state index is 0.191. The minimum absolute atomic E-state index is 0.191. The molecule has 0 saturated carbocycles. The lowest BCUT2D eigenvalue weighted by atomic mass is 10.0. The van der Waals surface area contributed by atoms with E-state index in [1.54, 1.807) is 7.11 Å². The Morgan fingerprint density at radius 3 is 2.81 bits per heavy atom. The third kappa shape index (κ3) is 2.65. The largest absolute Gasteiger partial charge is 0.496 e. The fourth-order valence-corrected chi connectivity index (χ4v) is 3.58. The van der Waals surface area contributed by atoms with E-state index in [0.29, 0.717) is 6.54 Å². The maximum atomic E-state index is 6.07. The van der Waals surface area contributed by atoms with Gasteiger partial charge in [-0.3, -0.25) is 0 Å². The van der Waals surface area contributed by atoms with Gasteiger partial charge < -0.3 is 15.4 Å². The summed E-state index contributed by atoms with van der Waals surface area (Å²) in [6, 6.07) is 15.0. The Labute approximate surface area is 133 Å². The zero-order chi connectivity index (χ0) is 14.8. The Morgan fingerprint density at radius 2 is 2.10 bits per heavy atom. The molecule has 0 aliphatic carbocycles. The van der Waals surface area contributed by atoms with Gasteiger partial charge in [0.25, 0.3) is 0 Å². The fourth-order valence-electron chi connectivity index (χ4n) is 3.02. The summed E-state index contributed by atoms with van der Waals surface area (Å²) < 4.78 is 6.27. The number of methoxy groups -OCH3 is 1. The van der Waals surface area contributed by atoms with Gasteiger partial charge in [0, 0.05) is 18.8 Å². The number of ether oxygens (including phenoxy) is 1. The van der Waals surface area contributed by atoms with Crippen LogP contribution in [0.2, 0.25) is 0 Å². The summed E-state index contributed by atoms with van der Waals surface area (Å²) in [6.07, 6.45) is 1.09. The predicted octanol–water partition coefficient (Wildman–Crippen LogP) is 3.52. The van der Waals surface area contributed by atoms with Crippen LogP contribution in [0.15, 0.2) is 46.9 Å².